The van der Waals surface area contributed by atoms with Crippen molar-refractivity contribution in [2.75, 3.05) is 6.54 Å². The summed E-state index contributed by atoms with van der Waals surface area (Å²) in [6, 6.07) is 0.177. The summed E-state index contributed by atoms with van der Waals surface area (Å²) in [4.78, 5) is 14.0. The molecule has 1 saturated carbocycles. The van der Waals surface area contributed by atoms with E-state index in [4.69, 9.17) is 5.73 Å². The predicted octanol–water partition coefficient (Wildman–Crippen LogP) is 1.94. The van der Waals surface area contributed by atoms with E-state index in [0.717, 1.165) is 12.5 Å². The van der Waals surface area contributed by atoms with E-state index in [1.807, 2.05) is 0 Å². The van der Waals surface area contributed by atoms with Crippen LogP contribution in [0.15, 0.2) is 0 Å². The van der Waals surface area contributed by atoms with E-state index in [0.29, 0.717) is 6.04 Å². The van der Waals surface area contributed by atoms with Crippen molar-refractivity contribution in [2.45, 2.75) is 57.5 Å². The molecule has 0 spiro atoms. The highest BCUT2D eigenvalue weighted by atomic mass is 35.5. The van der Waals surface area contributed by atoms with Gasteiger partial charge in [0.2, 0.25) is 5.91 Å². The summed E-state index contributed by atoms with van der Waals surface area (Å²) in [5.74, 6) is 0.918. The van der Waals surface area contributed by atoms with Gasteiger partial charge in [0.05, 0.1) is 6.04 Å². The van der Waals surface area contributed by atoms with Crippen LogP contribution in [0.4, 0.5) is 0 Å². The van der Waals surface area contributed by atoms with Gasteiger partial charge < -0.3 is 10.6 Å². The molecule has 0 aromatic heterocycles. The quantitative estimate of drug-likeness (QED) is 0.769. The molecule has 3 nitrogen and oxygen atoms in total. The average Bonchev–Trinajstić information content (AvgIpc) is 2.27. The number of carbonyl (C=O) groups excluding carboxylic acids is 1. The van der Waals surface area contributed by atoms with Crippen LogP contribution in [0, 0.1) is 5.92 Å². The number of likely N-dealkylation sites (tertiary alicyclic amines) is 1. The van der Waals surface area contributed by atoms with Crippen LogP contribution < -0.4 is 5.73 Å². The molecule has 0 aromatic rings. The van der Waals surface area contributed by atoms with E-state index < -0.39 is 0 Å². The van der Waals surface area contributed by atoms with Crippen LogP contribution in [0.5, 0.6) is 0 Å². The zero-order chi connectivity index (χ0) is 10.8. The summed E-state index contributed by atoms with van der Waals surface area (Å²) in [5, 5.41) is 0. The van der Waals surface area contributed by atoms with Crippen molar-refractivity contribution in [3.8, 4) is 0 Å². The van der Waals surface area contributed by atoms with Crippen molar-refractivity contribution in [1.29, 1.82) is 0 Å². The number of fused-ring (bicyclic) bond motifs is 1. The highest BCUT2D eigenvalue weighted by molar-refractivity contribution is 5.85. The summed E-state index contributed by atoms with van der Waals surface area (Å²) in [6.07, 6.45) is 7.62. The standard InChI is InChI=1S/C12H22N2O.ClH/c1-9(13)12(15)14-8-4-6-10-5-2-3-7-11(10)14;/h9-11H,2-8,13H2,1H3;1H/t9-,10-,11-;/m1./s1. The summed E-state index contributed by atoms with van der Waals surface area (Å²) in [6.45, 7) is 2.73. The van der Waals surface area contributed by atoms with Crippen molar-refractivity contribution < 1.29 is 4.79 Å². The first kappa shape index (κ1) is 13.8. The third-order valence-corrected chi connectivity index (χ3v) is 3.92. The molecule has 2 fully saturated rings. The van der Waals surface area contributed by atoms with E-state index in [2.05, 4.69) is 4.90 Å². The molecule has 0 unspecified atom stereocenters. The lowest BCUT2D eigenvalue weighted by molar-refractivity contribution is -0.138. The van der Waals surface area contributed by atoms with Crippen molar-refractivity contribution in [3.63, 3.8) is 0 Å². The number of hydrogen-bond donors (Lipinski definition) is 1. The van der Waals surface area contributed by atoms with Gasteiger partial charge in [0.25, 0.3) is 0 Å². The third kappa shape index (κ3) is 2.69. The van der Waals surface area contributed by atoms with Crippen molar-refractivity contribution >= 4 is 18.3 Å². The van der Waals surface area contributed by atoms with E-state index in [-0.39, 0.29) is 24.4 Å². The minimum atomic E-state index is -0.328. The van der Waals surface area contributed by atoms with Crippen LogP contribution in [0.3, 0.4) is 0 Å². The van der Waals surface area contributed by atoms with Gasteiger partial charge in [0.15, 0.2) is 0 Å². The SMILES string of the molecule is C[C@@H](N)C(=O)N1CCC[C@H]2CCCC[C@H]21.Cl. The molecule has 4 heteroatoms. The van der Waals surface area contributed by atoms with Gasteiger partial charge in [0, 0.05) is 12.6 Å². The van der Waals surface area contributed by atoms with Crippen LogP contribution in [0.1, 0.15) is 45.4 Å². The lowest BCUT2D eigenvalue weighted by Gasteiger charge is -2.44. The van der Waals surface area contributed by atoms with Gasteiger partial charge in [-0.15, -0.1) is 12.4 Å². The Morgan fingerprint density at radius 2 is 1.88 bits per heavy atom. The number of rotatable bonds is 1. The Kier molecular flexibility index (Phi) is 5.06. The highest BCUT2D eigenvalue weighted by Gasteiger charge is 2.36. The predicted molar refractivity (Wildman–Crippen MR) is 67.6 cm³/mol. The molecule has 1 saturated heterocycles. The Hall–Kier alpha value is -0.280. The Morgan fingerprint density at radius 1 is 1.25 bits per heavy atom. The largest absolute Gasteiger partial charge is 0.338 e. The van der Waals surface area contributed by atoms with E-state index in [9.17, 15) is 4.79 Å². The normalized spacial score (nSPS) is 31.2. The maximum Gasteiger partial charge on any atom is 0.239 e. The van der Waals surface area contributed by atoms with E-state index in [1.54, 1.807) is 6.92 Å². The van der Waals surface area contributed by atoms with E-state index >= 15 is 0 Å². The molecule has 0 radical (unpaired) electrons. The van der Waals surface area contributed by atoms with Crippen LogP contribution in [-0.2, 0) is 4.79 Å². The van der Waals surface area contributed by atoms with Gasteiger partial charge in [-0.3, -0.25) is 4.79 Å². The molecule has 2 N–H and O–H groups in total. The first-order valence-corrected chi connectivity index (χ1v) is 6.26. The van der Waals surface area contributed by atoms with Crippen molar-refractivity contribution in [1.82, 2.24) is 4.90 Å². The first-order chi connectivity index (χ1) is 7.20. The summed E-state index contributed by atoms with van der Waals surface area (Å²) >= 11 is 0. The van der Waals surface area contributed by atoms with Crippen molar-refractivity contribution in [3.05, 3.63) is 0 Å². The molecule has 94 valence electrons. The Labute approximate surface area is 104 Å². The summed E-state index contributed by atoms with van der Waals surface area (Å²) < 4.78 is 0. The fraction of sp³-hybridized carbons (Fsp3) is 0.917. The zero-order valence-corrected chi connectivity index (χ0v) is 10.8. The van der Waals surface area contributed by atoms with Crippen LogP contribution >= 0.6 is 12.4 Å². The number of carbonyl (C=O) groups is 1. The molecule has 1 amide bonds. The van der Waals surface area contributed by atoms with Gasteiger partial charge in [-0.25, -0.2) is 0 Å². The molecular weight excluding hydrogens is 224 g/mol. The minimum absolute atomic E-state index is 0. The molecule has 0 bridgehead atoms. The van der Waals surface area contributed by atoms with Gasteiger partial charge in [-0.05, 0) is 38.5 Å². The maximum atomic E-state index is 12.0. The third-order valence-electron chi connectivity index (χ3n) is 3.92. The Bertz CT molecular complexity index is 243. The molecule has 2 rings (SSSR count). The number of piperidine rings is 1. The van der Waals surface area contributed by atoms with Crippen molar-refractivity contribution in [2.24, 2.45) is 11.7 Å². The molecular formula is C12H23ClN2O. The number of amides is 1. The second-order valence-electron chi connectivity index (χ2n) is 5.07. The van der Waals surface area contributed by atoms with Gasteiger partial charge in [-0.1, -0.05) is 12.8 Å². The Morgan fingerprint density at radius 3 is 2.56 bits per heavy atom. The van der Waals surface area contributed by atoms with Gasteiger partial charge in [-0.2, -0.15) is 0 Å². The average molecular weight is 247 g/mol. The zero-order valence-electron chi connectivity index (χ0n) is 10.0. The molecule has 1 aliphatic carbocycles. The first-order valence-electron chi connectivity index (χ1n) is 6.26. The second-order valence-corrected chi connectivity index (χ2v) is 5.07. The smallest absolute Gasteiger partial charge is 0.239 e. The van der Waals surface area contributed by atoms with Gasteiger partial charge in [0.1, 0.15) is 0 Å². The summed E-state index contributed by atoms with van der Waals surface area (Å²) in [7, 11) is 0. The molecule has 2 aliphatic rings. The Balaban J connectivity index is 0.00000128. The molecule has 3 atom stereocenters. The lowest BCUT2D eigenvalue weighted by atomic mass is 9.78. The lowest BCUT2D eigenvalue weighted by Crippen LogP contribution is -2.53. The molecule has 0 aromatic carbocycles. The highest BCUT2D eigenvalue weighted by Crippen LogP contribution is 2.35. The van der Waals surface area contributed by atoms with Crippen LogP contribution in [-0.4, -0.2) is 29.4 Å². The maximum absolute atomic E-state index is 12.0. The fourth-order valence-corrected chi connectivity index (χ4v) is 3.16. The number of hydrogen-bond acceptors (Lipinski definition) is 2. The van der Waals surface area contributed by atoms with Gasteiger partial charge >= 0.3 is 0 Å². The number of nitrogens with zero attached hydrogens (tertiary/aromatic N) is 1. The monoisotopic (exact) mass is 246 g/mol. The molecule has 1 aliphatic heterocycles. The topological polar surface area (TPSA) is 46.3 Å². The minimum Gasteiger partial charge on any atom is -0.338 e. The van der Waals surface area contributed by atoms with Crippen LogP contribution in [0.2, 0.25) is 0 Å². The molecule has 16 heavy (non-hydrogen) atoms. The van der Waals surface area contributed by atoms with Crippen LogP contribution in [0.25, 0.3) is 0 Å². The number of nitrogens with two attached hydrogens (primary N) is 1. The van der Waals surface area contributed by atoms with E-state index in [1.165, 1.54) is 38.5 Å². The second kappa shape index (κ2) is 5.87. The number of halogens is 1. The molecule has 1 heterocycles. The summed E-state index contributed by atoms with van der Waals surface area (Å²) in [5.41, 5.74) is 5.70. The fourth-order valence-electron chi connectivity index (χ4n) is 3.16.